The maximum Gasteiger partial charge on any atom is 0.241 e. The zero-order valence-electron chi connectivity index (χ0n) is 14.4. The summed E-state index contributed by atoms with van der Waals surface area (Å²) in [4.78, 5) is 2.74. The summed E-state index contributed by atoms with van der Waals surface area (Å²) in [6, 6.07) is 2.06. The number of benzene rings is 1. The van der Waals surface area contributed by atoms with Gasteiger partial charge in [0.15, 0.2) is 0 Å². The van der Waals surface area contributed by atoms with E-state index in [-0.39, 0.29) is 0 Å². The van der Waals surface area contributed by atoms with E-state index in [9.17, 15) is 8.42 Å². The summed E-state index contributed by atoms with van der Waals surface area (Å²) in [5.74, 6) is 0.403. The number of nitrogens with one attached hydrogen (secondary N) is 1. The number of piperidine rings is 1. The van der Waals surface area contributed by atoms with Gasteiger partial charge in [-0.2, -0.15) is 0 Å². The monoisotopic (exact) mass is 324 g/mol. The quantitative estimate of drug-likeness (QED) is 0.926. The Morgan fingerprint density at radius 2 is 1.77 bits per heavy atom. The Morgan fingerprint density at radius 3 is 2.32 bits per heavy atom. The molecule has 5 heteroatoms. The summed E-state index contributed by atoms with van der Waals surface area (Å²) < 4.78 is 28.4. The van der Waals surface area contributed by atoms with Crippen LogP contribution in [0.4, 0.5) is 0 Å². The summed E-state index contributed by atoms with van der Waals surface area (Å²) in [5, 5.41) is 0. The Hall–Kier alpha value is -0.910. The highest BCUT2D eigenvalue weighted by atomic mass is 32.2. The van der Waals surface area contributed by atoms with Gasteiger partial charge in [0.2, 0.25) is 10.0 Å². The lowest BCUT2D eigenvalue weighted by atomic mass is 9.99. The first-order valence-corrected chi connectivity index (χ1v) is 9.46. The van der Waals surface area contributed by atoms with Crippen LogP contribution < -0.4 is 4.72 Å². The first-order chi connectivity index (χ1) is 10.2. The predicted molar refractivity (Wildman–Crippen MR) is 90.8 cm³/mol. The van der Waals surface area contributed by atoms with Gasteiger partial charge in [-0.25, -0.2) is 13.1 Å². The number of hydrogen-bond acceptors (Lipinski definition) is 3. The molecule has 1 atom stereocenters. The second-order valence-electron chi connectivity index (χ2n) is 6.71. The molecule has 1 heterocycles. The topological polar surface area (TPSA) is 49.4 Å². The Morgan fingerprint density at radius 1 is 1.18 bits per heavy atom. The molecule has 22 heavy (non-hydrogen) atoms. The predicted octanol–water partition coefficient (Wildman–Crippen LogP) is 2.54. The fraction of sp³-hybridized carbons (Fsp3) is 0.647. The molecule has 1 aliphatic rings. The third-order valence-corrected chi connectivity index (χ3v) is 6.55. The van der Waals surface area contributed by atoms with Crippen molar-refractivity contribution in [3.05, 3.63) is 28.3 Å². The van der Waals surface area contributed by atoms with Crippen LogP contribution in [0.15, 0.2) is 11.0 Å². The van der Waals surface area contributed by atoms with Gasteiger partial charge >= 0.3 is 0 Å². The van der Waals surface area contributed by atoms with E-state index in [0.717, 1.165) is 48.2 Å². The van der Waals surface area contributed by atoms with Crippen molar-refractivity contribution in [1.29, 1.82) is 0 Å². The molecule has 2 rings (SSSR count). The van der Waals surface area contributed by atoms with Crippen LogP contribution in [-0.2, 0) is 10.0 Å². The number of nitrogens with zero attached hydrogens (tertiary/aromatic N) is 1. The normalized spacial score (nSPS) is 20.3. The van der Waals surface area contributed by atoms with E-state index >= 15 is 0 Å². The number of sulfonamides is 1. The van der Waals surface area contributed by atoms with Gasteiger partial charge in [0, 0.05) is 13.1 Å². The van der Waals surface area contributed by atoms with Gasteiger partial charge in [-0.3, -0.25) is 0 Å². The van der Waals surface area contributed by atoms with E-state index in [1.165, 1.54) is 0 Å². The molecule has 0 amide bonds. The highest BCUT2D eigenvalue weighted by Crippen LogP contribution is 2.26. The number of likely N-dealkylation sites (tertiary alicyclic amines) is 1. The smallest absolute Gasteiger partial charge is 0.241 e. The minimum absolute atomic E-state index is 0.403. The second-order valence-corrected chi connectivity index (χ2v) is 8.42. The van der Waals surface area contributed by atoms with Gasteiger partial charge in [-0.1, -0.05) is 6.07 Å². The highest BCUT2D eigenvalue weighted by Gasteiger charge is 2.24. The zero-order chi connectivity index (χ0) is 16.5. The molecule has 0 bridgehead atoms. The second kappa shape index (κ2) is 6.69. The lowest BCUT2D eigenvalue weighted by Gasteiger charge is -2.29. The van der Waals surface area contributed by atoms with Crippen LogP contribution in [0.2, 0.25) is 0 Å². The lowest BCUT2D eigenvalue weighted by molar-refractivity contribution is 0.211. The Balaban J connectivity index is 2.21. The molecular formula is C17H28N2O2S. The standard InChI is InChI=1S/C17H28N2O2S/c1-12-9-13(2)15(4)17(14(12)3)22(20,21)18-10-16-7-6-8-19(5)11-16/h9,16,18H,6-8,10-11H2,1-5H3. The molecule has 124 valence electrons. The third kappa shape index (κ3) is 3.70. The molecule has 0 saturated carbocycles. The molecule has 1 N–H and O–H groups in total. The molecule has 4 nitrogen and oxygen atoms in total. The van der Waals surface area contributed by atoms with E-state index in [1.54, 1.807) is 0 Å². The molecule has 0 spiro atoms. The SMILES string of the molecule is Cc1cc(C)c(C)c(S(=O)(=O)NCC2CCCN(C)C2)c1C. The van der Waals surface area contributed by atoms with Crippen LogP contribution in [-0.4, -0.2) is 40.0 Å². The average Bonchev–Trinajstić information content (AvgIpc) is 2.43. The van der Waals surface area contributed by atoms with Crippen molar-refractivity contribution in [3.8, 4) is 0 Å². The maximum atomic E-state index is 12.8. The number of hydrogen-bond donors (Lipinski definition) is 1. The molecule has 1 aliphatic heterocycles. The highest BCUT2D eigenvalue weighted by molar-refractivity contribution is 7.89. The first-order valence-electron chi connectivity index (χ1n) is 7.98. The van der Waals surface area contributed by atoms with Gasteiger partial charge < -0.3 is 4.90 Å². The third-order valence-electron chi connectivity index (χ3n) is 4.85. The average molecular weight is 324 g/mol. The molecule has 1 unspecified atom stereocenters. The Kier molecular flexibility index (Phi) is 5.30. The summed E-state index contributed by atoms with van der Waals surface area (Å²) in [5.41, 5.74) is 3.77. The van der Waals surface area contributed by atoms with Gasteiger partial charge in [-0.15, -0.1) is 0 Å². The van der Waals surface area contributed by atoms with Crippen LogP contribution in [0.3, 0.4) is 0 Å². The Bertz CT molecular complexity index is 627. The summed E-state index contributed by atoms with van der Waals surface area (Å²) >= 11 is 0. The van der Waals surface area contributed by atoms with Crippen LogP contribution in [0.1, 0.15) is 35.1 Å². The van der Waals surface area contributed by atoms with Crippen LogP contribution in [0, 0.1) is 33.6 Å². The first kappa shape index (κ1) is 17.4. The minimum Gasteiger partial charge on any atom is -0.306 e. The molecule has 1 aromatic carbocycles. The summed E-state index contributed by atoms with van der Waals surface area (Å²) in [6.45, 7) is 10.3. The fourth-order valence-electron chi connectivity index (χ4n) is 3.32. The lowest BCUT2D eigenvalue weighted by Crippen LogP contribution is -2.39. The van der Waals surface area contributed by atoms with E-state index in [1.807, 2.05) is 27.7 Å². The molecular weight excluding hydrogens is 296 g/mol. The van der Waals surface area contributed by atoms with Gasteiger partial charge in [0.25, 0.3) is 0 Å². The van der Waals surface area contributed by atoms with Crippen molar-refractivity contribution in [2.45, 2.75) is 45.4 Å². The van der Waals surface area contributed by atoms with Crippen molar-refractivity contribution in [2.24, 2.45) is 5.92 Å². The molecule has 1 fully saturated rings. The Labute approximate surface area is 135 Å². The minimum atomic E-state index is -3.45. The van der Waals surface area contributed by atoms with Gasteiger partial charge in [-0.05, 0) is 82.3 Å². The molecule has 1 aromatic rings. The summed E-state index contributed by atoms with van der Waals surface area (Å²) in [7, 11) is -1.36. The van der Waals surface area contributed by atoms with E-state index < -0.39 is 10.0 Å². The van der Waals surface area contributed by atoms with Crippen molar-refractivity contribution in [1.82, 2.24) is 9.62 Å². The largest absolute Gasteiger partial charge is 0.306 e. The van der Waals surface area contributed by atoms with Crippen molar-refractivity contribution >= 4 is 10.0 Å². The van der Waals surface area contributed by atoms with E-state index in [4.69, 9.17) is 0 Å². The molecule has 0 aromatic heterocycles. The van der Waals surface area contributed by atoms with Gasteiger partial charge in [0.05, 0.1) is 4.90 Å². The van der Waals surface area contributed by atoms with Crippen molar-refractivity contribution < 1.29 is 8.42 Å². The van der Waals surface area contributed by atoms with Gasteiger partial charge in [0.1, 0.15) is 0 Å². The molecule has 0 aliphatic carbocycles. The van der Waals surface area contributed by atoms with E-state index in [2.05, 4.69) is 22.7 Å². The zero-order valence-corrected chi connectivity index (χ0v) is 15.2. The van der Waals surface area contributed by atoms with E-state index in [0.29, 0.717) is 17.4 Å². The van der Waals surface area contributed by atoms with Crippen molar-refractivity contribution in [3.63, 3.8) is 0 Å². The van der Waals surface area contributed by atoms with Crippen LogP contribution in [0.5, 0.6) is 0 Å². The number of aryl methyl sites for hydroxylation is 2. The molecule has 0 radical (unpaired) electrons. The van der Waals surface area contributed by atoms with Crippen LogP contribution in [0.25, 0.3) is 0 Å². The van der Waals surface area contributed by atoms with Crippen molar-refractivity contribution in [2.75, 3.05) is 26.7 Å². The maximum absolute atomic E-state index is 12.8. The number of rotatable bonds is 4. The molecule has 1 saturated heterocycles. The van der Waals surface area contributed by atoms with Crippen LogP contribution >= 0.6 is 0 Å². The summed E-state index contributed by atoms with van der Waals surface area (Å²) in [6.07, 6.45) is 2.24. The fourth-order valence-corrected chi connectivity index (χ4v) is 5.05.